The third-order valence-corrected chi connectivity index (χ3v) is 3.04. The van der Waals surface area contributed by atoms with E-state index < -0.39 is 0 Å². The molecule has 4 N–H and O–H groups in total. The number of rotatable bonds is 3. The maximum Gasteiger partial charge on any atom is 0.255 e. The van der Waals surface area contributed by atoms with Crippen molar-refractivity contribution in [1.82, 2.24) is 9.97 Å². The van der Waals surface area contributed by atoms with Gasteiger partial charge in [0.15, 0.2) is 0 Å². The SMILES string of the molecule is Nc1cccc(C(=O)Nc2cccc(-c3ncc[nH]3)c2)c1. The highest BCUT2D eigenvalue weighted by atomic mass is 16.1. The molecule has 0 spiro atoms. The number of imidazole rings is 1. The Morgan fingerprint density at radius 1 is 1.14 bits per heavy atom. The number of carbonyl (C=O) groups excluding carboxylic acids is 1. The highest BCUT2D eigenvalue weighted by molar-refractivity contribution is 6.04. The Kier molecular flexibility index (Phi) is 3.39. The summed E-state index contributed by atoms with van der Waals surface area (Å²) in [5.41, 5.74) is 8.39. The topological polar surface area (TPSA) is 83.8 Å². The van der Waals surface area contributed by atoms with E-state index in [2.05, 4.69) is 15.3 Å². The summed E-state index contributed by atoms with van der Waals surface area (Å²) in [5, 5.41) is 2.85. The number of carbonyl (C=O) groups is 1. The van der Waals surface area contributed by atoms with Gasteiger partial charge in [-0.1, -0.05) is 18.2 Å². The minimum Gasteiger partial charge on any atom is -0.399 e. The molecule has 0 aliphatic carbocycles. The minimum absolute atomic E-state index is 0.195. The standard InChI is InChI=1S/C16H14N4O/c17-13-5-1-4-12(9-13)16(21)20-14-6-2-3-11(10-14)15-18-7-8-19-15/h1-10H,17H2,(H,18,19)(H,20,21). The lowest BCUT2D eigenvalue weighted by atomic mass is 10.1. The number of nitrogen functional groups attached to an aromatic ring is 1. The molecular formula is C16H14N4O. The van der Waals surface area contributed by atoms with Crippen LogP contribution >= 0.6 is 0 Å². The smallest absolute Gasteiger partial charge is 0.255 e. The van der Waals surface area contributed by atoms with E-state index in [1.807, 2.05) is 24.3 Å². The van der Waals surface area contributed by atoms with Crippen molar-refractivity contribution in [2.24, 2.45) is 0 Å². The van der Waals surface area contributed by atoms with Gasteiger partial charge in [-0.05, 0) is 30.3 Å². The first-order valence-corrected chi connectivity index (χ1v) is 6.49. The molecule has 0 atom stereocenters. The van der Waals surface area contributed by atoms with E-state index in [-0.39, 0.29) is 5.91 Å². The first kappa shape index (κ1) is 12.9. The fourth-order valence-corrected chi connectivity index (χ4v) is 2.05. The monoisotopic (exact) mass is 278 g/mol. The molecule has 1 amide bonds. The van der Waals surface area contributed by atoms with Crippen LogP contribution in [0.2, 0.25) is 0 Å². The Morgan fingerprint density at radius 2 is 2.00 bits per heavy atom. The lowest BCUT2D eigenvalue weighted by molar-refractivity contribution is 0.102. The summed E-state index contributed by atoms with van der Waals surface area (Å²) in [7, 11) is 0. The molecule has 0 saturated carbocycles. The molecule has 0 bridgehead atoms. The molecule has 0 aliphatic heterocycles. The van der Waals surface area contributed by atoms with Crippen molar-refractivity contribution in [3.63, 3.8) is 0 Å². The van der Waals surface area contributed by atoms with Crippen LogP contribution in [0.5, 0.6) is 0 Å². The van der Waals surface area contributed by atoms with E-state index >= 15 is 0 Å². The predicted molar refractivity (Wildman–Crippen MR) is 82.8 cm³/mol. The van der Waals surface area contributed by atoms with Crippen molar-refractivity contribution in [3.05, 3.63) is 66.5 Å². The van der Waals surface area contributed by atoms with Gasteiger partial charge in [-0.3, -0.25) is 4.79 Å². The van der Waals surface area contributed by atoms with E-state index in [0.29, 0.717) is 16.9 Å². The summed E-state index contributed by atoms with van der Waals surface area (Å²) in [4.78, 5) is 19.4. The van der Waals surface area contributed by atoms with E-state index in [9.17, 15) is 4.79 Å². The van der Waals surface area contributed by atoms with Crippen LogP contribution in [0.25, 0.3) is 11.4 Å². The quantitative estimate of drug-likeness (QED) is 0.644. The van der Waals surface area contributed by atoms with Gasteiger partial charge in [0.2, 0.25) is 0 Å². The van der Waals surface area contributed by atoms with Crippen molar-refractivity contribution in [1.29, 1.82) is 0 Å². The molecule has 5 heteroatoms. The highest BCUT2D eigenvalue weighted by Gasteiger charge is 2.07. The zero-order valence-corrected chi connectivity index (χ0v) is 11.2. The van der Waals surface area contributed by atoms with Crippen LogP contribution in [0.3, 0.4) is 0 Å². The van der Waals surface area contributed by atoms with Gasteiger partial charge in [-0.25, -0.2) is 4.98 Å². The Labute approximate surface area is 121 Å². The fourth-order valence-electron chi connectivity index (χ4n) is 2.05. The lowest BCUT2D eigenvalue weighted by Crippen LogP contribution is -2.12. The van der Waals surface area contributed by atoms with Crippen LogP contribution < -0.4 is 11.1 Å². The average molecular weight is 278 g/mol. The highest BCUT2D eigenvalue weighted by Crippen LogP contribution is 2.19. The first-order chi connectivity index (χ1) is 10.2. The van der Waals surface area contributed by atoms with Crippen LogP contribution in [0, 0.1) is 0 Å². The maximum atomic E-state index is 12.2. The Balaban J connectivity index is 1.82. The van der Waals surface area contributed by atoms with Gasteiger partial charge in [0.1, 0.15) is 5.82 Å². The molecule has 0 fully saturated rings. The number of aromatic amines is 1. The summed E-state index contributed by atoms with van der Waals surface area (Å²) < 4.78 is 0. The molecular weight excluding hydrogens is 264 g/mol. The van der Waals surface area contributed by atoms with Crippen LogP contribution in [0.1, 0.15) is 10.4 Å². The number of aromatic nitrogens is 2. The van der Waals surface area contributed by atoms with Gasteiger partial charge in [0.25, 0.3) is 5.91 Å². The van der Waals surface area contributed by atoms with Crippen LogP contribution in [-0.2, 0) is 0 Å². The summed E-state index contributed by atoms with van der Waals surface area (Å²) in [6, 6.07) is 14.4. The zero-order chi connectivity index (χ0) is 14.7. The second-order valence-electron chi connectivity index (χ2n) is 4.60. The minimum atomic E-state index is -0.195. The van der Waals surface area contributed by atoms with Crippen LogP contribution in [0.15, 0.2) is 60.9 Å². The van der Waals surface area contributed by atoms with Gasteiger partial charge in [0.05, 0.1) is 0 Å². The van der Waals surface area contributed by atoms with Crippen molar-refractivity contribution in [2.45, 2.75) is 0 Å². The molecule has 1 heterocycles. The molecule has 5 nitrogen and oxygen atoms in total. The summed E-state index contributed by atoms with van der Waals surface area (Å²) in [6.45, 7) is 0. The van der Waals surface area contributed by atoms with Gasteiger partial charge in [-0.2, -0.15) is 0 Å². The van der Waals surface area contributed by atoms with Gasteiger partial charge in [-0.15, -0.1) is 0 Å². The molecule has 2 aromatic carbocycles. The normalized spacial score (nSPS) is 10.3. The van der Waals surface area contributed by atoms with Gasteiger partial charge < -0.3 is 16.0 Å². The number of nitrogens with two attached hydrogens (primary N) is 1. The molecule has 3 aromatic rings. The Morgan fingerprint density at radius 3 is 2.76 bits per heavy atom. The summed E-state index contributed by atoms with van der Waals surface area (Å²) in [6.07, 6.45) is 3.45. The number of benzene rings is 2. The van der Waals surface area contributed by atoms with Crippen molar-refractivity contribution in [2.75, 3.05) is 11.1 Å². The third kappa shape index (κ3) is 2.92. The lowest BCUT2D eigenvalue weighted by Gasteiger charge is -2.07. The number of nitrogens with one attached hydrogen (secondary N) is 2. The van der Waals surface area contributed by atoms with Crippen molar-refractivity contribution in [3.8, 4) is 11.4 Å². The Bertz CT molecular complexity index is 765. The van der Waals surface area contributed by atoms with Gasteiger partial charge in [0, 0.05) is 34.9 Å². The molecule has 0 saturated heterocycles. The van der Waals surface area contributed by atoms with Crippen molar-refractivity contribution < 1.29 is 4.79 Å². The first-order valence-electron chi connectivity index (χ1n) is 6.49. The number of hydrogen-bond donors (Lipinski definition) is 3. The third-order valence-electron chi connectivity index (χ3n) is 3.04. The maximum absolute atomic E-state index is 12.2. The molecule has 104 valence electrons. The molecule has 21 heavy (non-hydrogen) atoms. The average Bonchev–Trinajstić information content (AvgIpc) is 3.02. The summed E-state index contributed by atoms with van der Waals surface area (Å²) >= 11 is 0. The molecule has 3 rings (SSSR count). The van der Waals surface area contributed by atoms with Crippen LogP contribution in [0.4, 0.5) is 11.4 Å². The zero-order valence-electron chi connectivity index (χ0n) is 11.2. The number of amides is 1. The van der Waals surface area contributed by atoms with E-state index in [1.165, 1.54) is 0 Å². The molecule has 0 aliphatic rings. The second-order valence-corrected chi connectivity index (χ2v) is 4.60. The number of anilines is 2. The molecule has 1 aromatic heterocycles. The van der Waals surface area contributed by atoms with E-state index in [1.54, 1.807) is 36.7 Å². The van der Waals surface area contributed by atoms with E-state index in [0.717, 1.165) is 11.4 Å². The number of H-pyrrole nitrogens is 1. The fraction of sp³-hybridized carbons (Fsp3) is 0. The second kappa shape index (κ2) is 5.50. The summed E-state index contributed by atoms with van der Waals surface area (Å²) in [5.74, 6) is 0.564. The largest absolute Gasteiger partial charge is 0.399 e. The number of nitrogens with zero attached hydrogens (tertiary/aromatic N) is 1. The number of hydrogen-bond acceptors (Lipinski definition) is 3. The predicted octanol–water partition coefficient (Wildman–Crippen LogP) is 2.91. The Hall–Kier alpha value is -3.08. The van der Waals surface area contributed by atoms with Gasteiger partial charge >= 0.3 is 0 Å². The molecule has 0 radical (unpaired) electrons. The van der Waals surface area contributed by atoms with Crippen molar-refractivity contribution >= 4 is 17.3 Å². The van der Waals surface area contributed by atoms with E-state index in [4.69, 9.17) is 5.73 Å². The van der Waals surface area contributed by atoms with Crippen LogP contribution in [-0.4, -0.2) is 15.9 Å². The molecule has 0 unspecified atom stereocenters.